The summed E-state index contributed by atoms with van der Waals surface area (Å²) in [5.41, 5.74) is 1.25. The van der Waals surface area contributed by atoms with Gasteiger partial charge in [0.2, 0.25) is 0 Å². The second-order valence-electron chi connectivity index (χ2n) is 2.92. The molecule has 2 nitrogen and oxygen atoms in total. The third kappa shape index (κ3) is 1.84. The van der Waals surface area contributed by atoms with Crippen LogP contribution in [0.2, 0.25) is 0 Å². The van der Waals surface area contributed by atoms with Crippen molar-refractivity contribution >= 4 is 11.3 Å². The predicted molar refractivity (Wildman–Crippen MR) is 53.7 cm³/mol. The summed E-state index contributed by atoms with van der Waals surface area (Å²) in [4.78, 5) is 5.91. The van der Waals surface area contributed by atoms with Crippen LogP contribution in [0.15, 0.2) is 0 Å². The molecule has 0 aliphatic heterocycles. The molecule has 0 saturated heterocycles. The number of rotatable bonds is 3. The second kappa shape index (κ2) is 4.01. The van der Waals surface area contributed by atoms with Crippen molar-refractivity contribution in [2.75, 3.05) is 7.05 Å². The minimum absolute atomic E-state index is 0.383. The summed E-state index contributed by atoms with van der Waals surface area (Å²) < 4.78 is 0. The largest absolute Gasteiger partial charge is 0.311 e. The standard InChI is InChI=1S/C9H16N2S/c1-5-8-7(3)12-9(11-8)6(2)10-4/h6,10H,5H2,1-4H3. The van der Waals surface area contributed by atoms with Gasteiger partial charge in [-0.1, -0.05) is 6.92 Å². The summed E-state index contributed by atoms with van der Waals surface area (Å²) in [6, 6.07) is 0.383. The van der Waals surface area contributed by atoms with Gasteiger partial charge >= 0.3 is 0 Å². The summed E-state index contributed by atoms with van der Waals surface area (Å²) in [6.07, 6.45) is 1.04. The average molecular weight is 184 g/mol. The number of nitrogens with zero attached hydrogens (tertiary/aromatic N) is 1. The highest BCUT2D eigenvalue weighted by Crippen LogP contribution is 2.22. The van der Waals surface area contributed by atoms with Gasteiger partial charge in [0.25, 0.3) is 0 Å². The Hall–Kier alpha value is -0.410. The first kappa shape index (κ1) is 9.68. The Kier molecular flexibility index (Phi) is 3.23. The van der Waals surface area contributed by atoms with Crippen LogP contribution in [0, 0.1) is 6.92 Å². The minimum Gasteiger partial charge on any atom is -0.311 e. The van der Waals surface area contributed by atoms with Gasteiger partial charge in [-0.25, -0.2) is 4.98 Å². The van der Waals surface area contributed by atoms with Gasteiger partial charge in [-0.05, 0) is 27.3 Å². The van der Waals surface area contributed by atoms with Crippen LogP contribution in [-0.4, -0.2) is 12.0 Å². The maximum atomic E-state index is 4.56. The lowest BCUT2D eigenvalue weighted by molar-refractivity contribution is 0.645. The summed E-state index contributed by atoms with van der Waals surface area (Å²) >= 11 is 1.80. The maximum absolute atomic E-state index is 4.56. The van der Waals surface area contributed by atoms with E-state index in [2.05, 4.69) is 31.1 Å². The molecule has 1 aromatic rings. The first-order valence-corrected chi connectivity index (χ1v) is 5.14. The molecule has 0 fully saturated rings. The second-order valence-corrected chi connectivity index (χ2v) is 4.15. The van der Waals surface area contributed by atoms with Crippen LogP contribution in [0.4, 0.5) is 0 Å². The van der Waals surface area contributed by atoms with Crippen LogP contribution in [0.3, 0.4) is 0 Å². The Morgan fingerprint density at radius 3 is 2.67 bits per heavy atom. The van der Waals surface area contributed by atoms with Crippen molar-refractivity contribution in [3.63, 3.8) is 0 Å². The van der Waals surface area contributed by atoms with E-state index >= 15 is 0 Å². The molecule has 0 bridgehead atoms. The predicted octanol–water partition coefficient (Wildman–Crippen LogP) is 2.29. The van der Waals surface area contributed by atoms with Crippen LogP contribution < -0.4 is 5.32 Å². The van der Waals surface area contributed by atoms with Crippen molar-refractivity contribution in [1.29, 1.82) is 0 Å². The van der Waals surface area contributed by atoms with Gasteiger partial charge in [0, 0.05) is 4.88 Å². The zero-order chi connectivity index (χ0) is 9.14. The van der Waals surface area contributed by atoms with Gasteiger partial charge < -0.3 is 5.32 Å². The molecular formula is C9H16N2S. The van der Waals surface area contributed by atoms with Crippen LogP contribution in [0.25, 0.3) is 0 Å². The van der Waals surface area contributed by atoms with E-state index in [9.17, 15) is 0 Å². The molecule has 0 aliphatic rings. The normalized spacial score (nSPS) is 13.3. The Morgan fingerprint density at radius 2 is 2.25 bits per heavy atom. The fraction of sp³-hybridized carbons (Fsp3) is 0.667. The molecule has 3 heteroatoms. The molecule has 1 rings (SSSR count). The Bertz CT molecular complexity index is 255. The molecule has 68 valence electrons. The molecule has 0 radical (unpaired) electrons. The zero-order valence-electron chi connectivity index (χ0n) is 8.14. The summed E-state index contributed by atoms with van der Waals surface area (Å²) in [5.74, 6) is 0. The first-order valence-electron chi connectivity index (χ1n) is 4.32. The van der Waals surface area contributed by atoms with E-state index < -0.39 is 0 Å². The first-order chi connectivity index (χ1) is 5.69. The highest BCUT2D eigenvalue weighted by atomic mass is 32.1. The van der Waals surface area contributed by atoms with Crippen LogP contribution in [0.1, 0.15) is 35.5 Å². The van der Waals surface area contributed by atoms with Gasteiger partial charge in [0.15, 0.2) is 0 Å². The van der Waals surface area contributed by atoms with Gasteiger partial charge in [-0.15, -0.1) is 11.3 Å². The van der Waals surface area contributed by atoms with Crippen LogP contribution in [0.5, 0.6) is 0 Å². The van der Waals surface area contributed by atoms with Gasteiger partial charge in [-0.2, -0.15) is 0 Å². The van der Waals surface area contributed by atoms with Crippen molar-refractivity contribution in [3.05, 3.63) is 15.6 Å². The quantitative estimate of drug-likeness (QED) is 0.779. The van der Waals surface area contributed by atoms with E-state index in [0.29, 0.717) is 6.04 Å². The van der Waals surface area contributed by atoms with Crippen molar-refractivity contribution in [2.24, 2.45) is 0 Å². The SMILES string of the molecule is CCc1nc(C(C)NC)sc1C. The maximum Gasteiger partial charge on any atom is 0.110 e. The lowest BCUT2D eigenvalue weighted by Crippen LogP contribution is -2.11. The highest BCUT2D eigenvalue weighted by molar-refractivity contribution is 7.11. The molecule has 0 saturated carbocycles. The molecule has 1 heterocycles. The van der Waals surface area contributed by atoms with Crippen LogP contribution in [-0.2, 0) is 6.42 Å². The van der Waals surface area contributed by atoms with E-state index in [0.717, 1.165) is 6.42 Å². The monoisotopic (exact) mass is 184 g/mol. The van der Waals surface area contributed by atoms with Gasteiger partial charge in [0.1, 0.15) is 5.01 Å². The van der Waals surface area contributed by atoms with Crippen molar-refractivity contribution < 1.29 is 0 Å². The third-order valence-electron chi connectivity index (χ3n) is 2.05. The zero-order valence-corrected chi connectivity index (χ0v) is 8.96. The summed E-state index contributed by atoms with van der Waals surface area (Å²) in [6.45, 7) is 6.43. The molecule has 0 spiro atoms. The average Bonchev–Trinajstić information content (AvgIpc) is 2.45. The summed E-state index contributed by atoms with van der Waals surface area (Å²) in [7, 11) is 1.97. The number of aromatic nitrogens is 1. The van der Waals surface area contributed by atoms with E-state index in [4.69, 9.17) is 0 Å². The van der Waals surface area contributed by atoms with Gasteiger partial charge in [0.05, 0.1) is 11.7 Å². The molecule has 0 aliphatic carbocycles. The smallest absolute Gasteiger partial charge is 0.110 e. The summed E-state index contributed by atoms with van der Waals surface area (Å²) in [5, 5.41) is 4.39. The number of nitrogens with one attached hydrogen (secondary N) is 1. The van der Waals surface area contributed by atoms with E-state index in [-0.39, 0.29) is 0 Å². The van der Waals surface area contributed by atoms with Crippen LogP contribution >= 0.6 is 11.3 Å². The Labute approximate surface area is 78.0 Å². The molecule has 1 unspecified atom stereocenters. The molecule has 1 aromatic heterocycles. The fourth-order valence-corrected chi connectivity index (χ4v) is 2.16. The minimum atomic E-state index is 0.383. The molecule has 1 N–H and O–H groups in total. The van der Waals surface area contributed by atoms with Crippen molar-refractivity contribution in [2.45, 2.75) is 33.2 Å². The topological polar surface area (TPSA) is 24.9 Å². The Balaban J connectivity index is 2.88. The van der Waals surface area contributed by atoms with Gasteiger partial charge in [-0.3, -0.25) is 0 Å². The van der Waals surface area contributed by atoms with E-state index in [1.807, 2.05) is 7.05 Å². The number of aryl methyl sites for hydroxylation is 2. The fourth-order valence-electron chi connectivity index (χ4n) is 1.09. The third-order valence-corrected chi connectivity index (χ3v) is 3.24. The number of hydrogen-bond donors (Lipinski definition) is 1. The van der Waals surface area contributed by atoms with Crippen molar-refractivity contribution in [1.82, 2.24) is 10.3 Å². The Morgan fingerprint density at radius 1 is 1.58 bits per heavy atom. The molecular weight excluding hydrogens is 168 g/mol. The van der Waals surface area contributed by atoms with E-state index in [1.54, 1.807) is 11.3 Å². The molecule has 12 heavy (non-hydrogen) atoms. The molecule has 1 atom stereocenters. The van der Waals surface area contributed by atoms with Crippen molar-refractivity contribution in [3.8, 4) is 0 Å². The highest BCUT2D eigenvalue weighted by Gasteiger charge is 2.10. The lowest BCUT2D eigenvalue weighted by atomic mass is 10.3. The lowest BCUT2D eigenvalue weighted by Gasteiger charge is -2.03. The van der Waals surface area contributed by atoms with E-state index in [1.165, 1.54) is 15.6 Å². The molecule has 0 aromatic carbocycles. The molecule has 0 amide bonds. The number of thiazole rings is 1. The number of hydrogen-bond acceptors (Lipinski definition) is 3.